The van der Waals surface area contributed by atoms with Gasteiger partial charge in [0.1, 0.15) is 0 Å². The fraction of sp³-hybridized carbons (Fsp3) is 0.824. The van der Waals surface area contributed by atoms with Crippen molar-refractivity contribution < 1.29 is 0 Å². The topological polar surface area (TPSA) is 29.9 Å². The molecule has 0 aromatic carbocycles. The first-order valence-electron chi connectivity index (χ1n) is 8.17. The van der Waals surface area contributed by atoms with Gasteiger partial charge in [-0.1, -0.05) is 33.6 Å². The highest BCUT2D eigenvalue weighted by Gasteiger charge is 2.37. The number of rotatable bonds is 5. The molecule has 0 spiro atoms. The molecule has 0 aliphatic heterocycles. The molecule has 1 aliphatic rings. The van der Waals surface area contributed by atoms with E-state index in [1.54, 1.807) is 0 Å². The van der Waals surface area contributed by atoms with Crippen LogP contribution in [0.5, 0.6) is 0 Å². The molecule has 1 saturated carbocycles. The predicted molar refractivity (Wildman–Crippen MR) is 84.9 cm³/mol. The van der Waals surface area contributed by atoms with Crippen molar-refractivity contribution in [2.45, 2.75) is 65.8 Å². The zero-order valence-corrected chi connectivity index (χ0v) is 13.9. The standard InChI is InChI=1S/C17H31N3/c1-6-18-16(12-14-11-13(2)19-20(14)5)15-9-7-8-10-17(15,3)4/h11,15-16,18H,6-10,12H2,1-5H3. The largest absolute Gasteiger partial charge is 0.314 e. The van der Waals surface area contributed by atoms with E-state index in [1.165, 1.54) is 31.4 Å². The van der Waals surface area contributed by atoms with Crippen molar-refractivity contribution in [2.75, 3.05) is 6.54 Å². The molecule has 20 heavy (non-hydrogen) atoms. The summed E-state index contributed by atoms with van der Waals surface area (Å²) in [6, 6.07) is 2.81. The van der Waals surface area contributed by atoms with Crippen molar-refractivity contribution in [3.05, 3.63) is 17.5 Å². The average molecular weight is 277 g/mol. The van der Waals surface area contributed by atoms with Crippen molar-refractivity contribution >= 4 is 0 Å². The van der Waals surface area contributed by atoms with Crippen LogP contribution in [0.2, 0.25) is 0 Å². The highest BCUT2D eigenvalue weighted by atomic mass is 15.3. The third kappa shape index (κ3) is 3.43. The summed E-state index contributed by atoms with van der Waals surface area (Å²) in [5.74, 6) is 0.770. The van der Waals surface area contributed by atoms with E-state index in [0.717, 1.165) is 24.6 Å². The highest BCUT2D eigenvalue weighted by molar-refractivity contribution is 5.11. The smallest absolute Gasteiger partial charge is 0.0596 e. The molecule has 2 atom stereocenters. The van der Waals surface area contributed by atoms with Gasteiger partial charge in [0, 0.05) is 25.2 Å². The molecular formula is C17H31N3. The van der Waals surface area contributed by atoms with E-state index in [9.17, 15) is 0 Å². The minimum Gasteiger partial charge on any atom is -0.314 e. The van der Waals surface area contributed by atoms with Gasteiger partial charge in [-0.05, 0) is 43.7 Å². The molecule has 0 saturated heterocycles. The van der Waals surface area contributed by atoms with Gasteiger partial charge in [0.2, 0.25) is 0 Å². The van der Waals surface area contributed by atoms with Crippen molar-refractivity contribution in [3.8, 4) is 0 Å². The number of nitrogens with zero attached hydrogens (tertiary/aromatic N) is 2. The van der Waals surface area contributed by atoms with E-state index in [0.29, 0.717) is 11.5 Å². The van der Waals surface area contributed by atoms with E-state index < -0.39 is 0 Å². The van der Waals surface area contributed by atoms with Crippen LogP contribution in [0.3, 0.4) is 0 Å². The Labute approximate surface area is 124 Å². The van der Waals surface area contributed by atoms with Gasteiger partial charge in [-0.15, -0.1) is 0 Å². The fourth-order valence-electron chi connectivity index (χ4n) is 3.97. The molecule has 1 aliphatic carbocycles. The lowest BCUT2D eigenvalue weighted by Crippen LogP contribution is -2.46. The Kier molecular flexibility index (Phi) is 4.90. The summed E-state index contributed by atoms with van der Waals surface area (Å²) in [6.07, 6.45) is 6.61. The minimum absolute atomic E-state index is 0.457. The fourth-order valence-corrected chi connectivity index (χ4v) is 3.97. The van der Waals surface area contributed by atoms with Gasteiger partial charge in [-0.3, -0.25) is 4.68 Å². The first-order valence-corrected chi connectivity index (χ1v) is 8.17. The maximum absolute atomic E-state index is 4.49. The number of likely N-dealkylation sites (N-methyl/N-ethyl adjacent to an activating group) is 1. The number of hydrogen-bond donors (Lipinski definition) is 1. The Morgan fingerprint density at radius 2 is 2.20 bits per heavy atom. The lowest BCUT2D eigenvalue weighted by molar-refractivity contribution is 0.0980. The van der Waals surface area contributed by atoms with E-state index >= 15 is 0 Å². The first kappa shape index (κ1) is 15.6. The van der Waals surface area contributed by atoms with Crippen LogP contribution in [0, 0.1) is 18.3 Å². The lowest BCUT2D eigenvalue weighted by Gasteiger charge is -2.43. The molecule has 3 heteroatoms. The van der Waals surface area contributed by atoms with E-state index in [1.807, 2.05) is 0 Å². The zero-order valence-electron chi connectivity index (χ0n) is 13.9. The molecule has 1 aromatic rings. The molecule has 0 amide bonds. The zero-order chi connectivity index (χ0) is 14.8. The van der Waals surface area contributed by atoms with Crippen molar-refractivity contribution in [1.82, 2.24) is 15.1 Å². The molecule has 1 heterocycles. The molecule has 114 valence electrons. The molecule has 2 unspecified atom stereocenters. The summed E-state index contributed by atoms with van der Waals surface area (Å²) < 4.78 is 2.05. The highest BCUT2D eigenvalue weighted by Crippen LogP contribution is 2.42. The van der Waals surface area contributed by atoms with E-state index in [4.69, 9.17) is 0 Å². The van der Waals surface area contributed by atoms with Crippen molar-refractivity contribution in [2.24, 2.45) is 18.4 Å². The number of nitrogens with one attached hydrogen (secondary N) is 1. The number of aryl methyl sites for hydroxylation is 2. The van der Waals surface area contributed by atoms with Crippen LogP contribution < -0.4 is 5.32 Å². The second-order valence-electron chi connectivity index (χ2n) is 7.11. The van der Waals surface area contributed by atoms with Crippen LogP contribution in [0.15, 0.2) is 6.07 Å². The average Bonchev–Trinajstić information content (AvgIpc) is 2.67. The lowest BCUT2D eigenvalue weighted by atomic mass is 9.65. The molecule has 2 rings (SSSR count). The van der Waals surface area contributed by atoms with E-state index in [2.05, 4.69) is 55.9 Å². The van der Waals surface area contributed by atoms with Crippen LogP contribution in [-0.4, -0.2) is 22.4 Å². The summed E-state index contributed by atoms with van der Waals surface area (Å²) in [5.41, 5.74) is 2.94. The molecule has 0 bridgehead atoms. The van der Waals surface area contributed by atoms with Crippen LogP contribution in [0.25, 0.3) is 0 Å². The molecule has 1 aromatic heterocycles. The Morgan fingerprint density at radius 1 is 1.45 bits per heavy atom. The second kappa shape index (κ2) is 6.30. The van der Waals surface area contributed by atoms with Gasteiger partial charge in [0.15, 0.2) is 0 Å². The normalized spacial score (nSPS) is 23.8. The Hall–Kier alpha value is -0.830. The van der Waals surface area contributed by atoms with Crippen molar-refractivity contribution in [3.63, 3.8) is 0 Å². The minimum atomic E-state index is 0.457. The van der Waals surface area contributed by atoms with Crippen molar-refractivity contribution in [1.29, 1.82) is 0 Å². The predicted octanol–water partition coefficient (Wildman–Crippen LogP) is 3.47. The Balaban J connectivity index is 2.15. The van der Waals surface area contributed by atoms with Crippen LogP contribution in [0.4, 0.5) is 0 Å². The summed E-state index contributed by atoms with van der Waals surface area (Å²) in [4.78, 5) is 0. The summed E-state index contributed by atoms with van der Waals surface area (Å²) >= 11 is 0. The van der Waals surface area contributed by atoms with Crippen LogP contribution in [0.1, 0.15) is 57.8 Å². The van der Waals surface area contributed by atoms with Crippen LogP contribution in [-0.2, 0) is 13.5 Å². The maximum atomic E-state index is 4.49. The second-order valence-corrected chi connectivity index (χ2v) is 7.11. The molecular weight excluding hydrogens is 246 g/mol. The van der Waals surface area contributed by atoms with Gasteiger partial charge < -0.3 is 5.32 Å². The summed E-state index contributed by atoms with van der Waals surface area (Å²) in [6.45, 7) is 10.3. The SMILES string of the molecule is CCNC(Cc1cc(C)nn1C)C1CCCCC1(C)C. The Morgan fingerprint density at radius 3 is 2.75 bits per heavy atom. The molecule has 0 radical (unpaired) electrons. The summed E-state index contributed by atoms with van der Waals surface area (Å²) in [5, 5.41) is 8.25. The third-order valence-corrected chi connectivity index (χ3v) is 5.07. The first-order chi connectivity index (χ1) is 9.44. The quantitative estimate of drug-likeness (QED) is 0.893. The Bertz CT molecular complexity index is 433. The van der Waals surface area contributed by atoms with Gasteiger partial charge in [0.05, 0.1) is 5.69 Å². The van der Waals surface area contributed by atoms with Gasteiger partial charge >= 0.3 is 0 Å². The van der Waals surface area contributed by atoms with Crippen LogP contribution >= 0.6 is 0 Å². The number of aromatic nitrogens is 2. The molecule has 1 N–H and O–H groups in total. The van der Waals surface area contributed by atoms with Gasteiger partial charge in [-0.25, -0.2) is 0 Å². The monoisotopic (exact) mass is 277 g/mol. The maximum Gasteiger partial charge on any atom is 0.0596 e. The van der Waals surface area contributed by atoms with Gasteiger partial charge in [0.25, 0.3) is 0 Å². The third-order valence-electron chi connectivity index (χ3n) is 5.07. The van der Waals surface area contributed by atoms with E-state index in [-0.39, 0.29) is 0 Å². The van der Waals surface area contributed by atoms with Gasteiger partial charge in [-0.2, -0.15) is 5.10 Å². The molecule has 1 fully saturated rings. The summed E-state index contributed by atoms with van der Waals surface area (Å²) in [7, 11) is 2.07. The number of hydrogen-bond acceptors (Lipinski definition) is 2. The molecule has 3 nitrogen and oxygen atoms in total.